The van der Waals surface area contributed by atoms with Gasteiger partial charge in [0.25, 0.3) is 5.91 Å². The van der Waals surface area contributed by atoms with Crippen LogP contribution in [0.1, 0.15) is 0 Å². The largest absolute Gasteiger partial charge is 0.480 e. The SMILES string of the molecule is COC(CNC(=O)CN1C(=O)COc2cccnc21)OC. The van der Waals surface area contributed by atoms with Gasteiger partial charge in [0, 0.05) is 20.4 Å². The summed E-state index contributed by atoms with van der Waals surface area (Å²) in [5.74, 6) is 0.183. The van der Waals surface area contributed by atoms with Crippen LogP contribution >= 0.6 is 0 Å². The first-order valence-electron chi connectivity index (χ1n) is 6.36. The number of nitrogens with zero attached hydrogens (tertiary/aromatic N) is 2. The second kappa shape index (κ2) is 7.00. The maximum atomic E-state index is 11.9. The van der Waals surface area contributed by atoms with Gasteiger partial charge < -0.3 is 19.5 Å². The van der Waals surface area contributed by atoms with Gasteiger partial charge in [-0.05, 0) is 12.1 Å². The number of rotatable bonds is 6. The average molecular weight is 295 g/mol. The second-order valence-corrected chi connectivity index (χ2v) is 4.30. The van der Waals surface area contributed by atoms with Crippen LogP contribution in [0.15, 0.2) is 18.3 Å². The van der Waals surface area contributed by atoms with Crippen molar-refractivity contribution in [1.29, 1.82) is 0 Å². The Morgan fingerprint density at radius 3 is 3.00 bits per heavy atom. The van der Waals surface area contributed by atoms with E-state index in [9.17, 15) is 9.59 Å². The van der Waals surface area contributed by atoms with Gasteiger partial charge in [-0.25, -0.2) is 4.98 Å². The van der Waals surface area contributed by atoms with Crippen molar-refractivity contribution < 1.29 is 23.8 Å². The molecule has 2 amide bonds. The van der Waals surface area contributed by atoms with Gasteiger partial charge in [0.05, 0.1) is 6.54 Å². The minimum Gasteiger partial charge on any atom is -0.480 e. The van der Waals surface area contributed by atoms with E-state index in [4.69, 9.17) is 14.2 Å². The molecule has 1 aliphatic rings. The summed E-state index contributed by atoms with van der Waals surface area (Å²) in [7, 11) is 2.96. The molecule has 1 aromatic rings. The molecule has 0 radical (unpaired) electrons. The Morgan fingerprint density at radius 1 is 1.52 bits per heavy atom. The van der Waals surface area contributed by atoms with Gasteiger partial charge in [-0.15, -0.1) is 0 Å². The molecule has 8 heteroatoms. The Bertz CT molecular complexity index is 518. The van der Waals surface area contributed by atoms with Crippen LogP contribution in [0.2, 0.25) is 0 Å². The molecule has 0 aliphatic carbocycles. The standard InChI is InChI=1S/C13H17N3O5/c1-19-12(20-2)6-15-10(17)7-16-11(18)8-21-9-4-3-5-14-13(9)16/h3-5,12H,6-8H2,1-2H3,(H,15,17). The van der Waals surface area contributed by atoms with E-state index in [0.717, 1.165) is 0 Å². The van der Waals surface area contributed by atoms with Gasteiger partial charge in [-0.1, -0.05) is 0 Å². The molecule has 1 aromatic heterocycles. The zero-order chi connectivity index (χ0) is 15.2. The van der Waals surface area contributed by atoms with Crippen LogP contribution < -0.4 is 15.0 Å². The Hall–Kier alpha value is -2.19. The molecule has 0 spiro atoms. The molecule has 0 saturated heterocycles. The number of hydrogen-bond donors (Lipinski definition) is 1. The van der Waals surface area contributed by atoms with E-state index < -0.39 is 6.29 Å². The summed E-state index contributed by atoms with van der Waals surface area (Å²) in [5, 5.41) is 2.63. The lowest BCUT2D eigenvalue weighted by molar-refractivity contribution is -0.128. The highest BCUT2D eigenvalue weighted by atomic mass is 16.7. The highest BCUT2D eigenvalue weighted by molar-refractivity contribution is 6.01. The first-order chi connectivity index (χ1) is 10.2. The maximum absolute atomic E-state index is 11.9. The van der Waals surface area contributed by atoms with Crippen LogP contribution in [-0.2, 0) is 19.1 Å². The topological polar surface area (TPSA) is 90.0 Å². The number of fused-ring (bicyclic) bond motifs is 1. The van der Waals surface area contributed by atoms with Crippen LogP contribution in [-0.4, -0.2) is 57.0 Å². The Balaban J connectivity index is 1.99. The third-order valence-corrected chi connectivity index (χ3v) is 2.95. The highest BCUT2D eigenvalue weighted by Gasteiger charge is 2.28. The second-order valence-electron chi connectivity index (χ2n) is 4.30. The highest BCUT2D eigenvalue weighted by Crippen LogP contribution is 2.28. The minimum absolute atomic E-state index is 0.106. The Labute approximate surface area is 122 Å². The molecule has 114 valence electrons. The summed E-state index contributed by atoms with van der Waals surface area (Å²) in [6, 6.07) is 3.40. The number of methoxy groups -OCH3 is 2. The van der Waals surface area contributed by atoms with Crippen LogP contribution in [0.25, 0.3) is 0 Å². The molecule has 2 rings (SSSR count). The van der Waals surface area contributed by atoms with Gasteiger partial charge in [0.15, 0.2) is 24.5 Å². The summed E-state index contributed by atoms with van der Waals surface area (Å²) in [6.07, 6.45) is 1.01. The van der Waals surface area contributed by atoms with Crippen molar-refractivity contribution in [1.82, 2.24) is 10.3 Å². The van der Waals surface area contributed by atoms with Crippen molar-refractivity contribution in [3.8, 4) is 5.75 Å². The van der Waals surface area contributed by atoms with Crippen molar-refractivity contribution in [2.45, 2.75) is 6.29 Å². The molecule has 2 heterocycles. The predicted octanol–water partition coefficient (Wildman–Crippen LogP) is -0.458. The monoisotopic (exact) mass is 295 g/mol. The Kier molecular flexibility index (Phi) is 5.07. The zero-order valence-corrected chi connectivity index (χ0v) is 11.9. The number of ether oxygens (including phenoxy) is 3. The van der Waals surface area contributed by atoms with Crippen LogP contribution in [0.3, 0.4) is 0 Å². The zero-order valence-electron chi connectivity index (χ0n) is 11.9. The lowest BCUT2D eigenvalue weighted by Gasteiger charge is -2.27. The number of anilines is 1. The molecule has 0 unspecified atom stereocenters. The van der Waals surface area contributed by atoms with E-state index in [1.807, 2.05) is 0 Å². The first kappa shape index (κ1) is 15.2. The van der Waals surface area contributed by atoms with E-state index in [1.165, 1.54) is 25.3 Å². The third-order valence-electron chi connectivity index (χ3n) is 2.95. The van der Waals surface area contributed by atoms with Gasteiger partial charge in [-0.2, -0.15) is 0 Å². The fourth-order valence-electron chi connectivity index (χ4n) is 1.86. The molecular weight excluding hydrogens is 278 g/mol. The van der Waals surface area contributed by atoms with E-state index in [1.54, 1.807) is 12.1 Å². The summed E-state index contributed by atoms with van der Waals surface area (Å²) in [4.78, 5) is 29.2. The van der Waals surface area contributed by atoms with Gasteiger partial charge >= 0.3 is 0 Å². The Morgan fingerprint density at radius 2 is 2.29 bits per heavy atom. The van der Waals surface area contributed by atoms with E-state index in [0.29, 0.717) is 11.6 Å². The molecule has 21 heavy (non-hydrogen) atoms. The van der Waals surface area contributed by atoms with E-state index in [2.05, 4.69) is 10.3 Å². The number of carbonyl (C=O) groups excluding carboxylic acids is 2. The van der Waals surface area contributed by atoms with Crippen LogP contribution in [0.5, 0.6) is 5.75 Å². The fraction of sp³-hybridized carbons (Fsp3) is 0.462. The number of amides is 2. The van der Waals surface area contributed by atoms with Crippen molar-refractivity contribution in [2.24, 2.45) is 0 Å². The summed E-state index contributed by atoms with van der Waals surface area (Å²) in [6.45, 7) is -0.0451. The molecule has 1 aliphatic heterocycles. The number of aromatic nitrogens is 1. The van der Waals surface area contributed by atoms with Gasteiger partial charge in [0.1, 0.15) is 6.54 Å². The molecule has 0 fully saturated rings. The average Bonchev–Trinajstić information content (AvgIpc) is 2.51. The van der Waals surface area contributed by atoms with Crippen molar-refractivity contribution in [3.63, 3.8) is 0 Å². The predicted molar refractivity (Wildman–Crippen MR) is 72.9 cm³/mol. The molecule has 1 N–H and O–H groups in total. The van der Waals surface area contributed by atoms with Gasteiger partial charge in [0.2, 0.25) is 5.91 Å². The number of nitrogens with one attached hydrogen (secondary N) is 1. The number of carbonyl (C=O) groups is 2. The fourth-order valence-corrected chi connectivity index (χ4v) is 1.86. The lowest BCUT2D eigenvalue weighted by atomic mass is 10.3. The molecule has 0 atom stereocenters. The third kappa shape index (κ3) is 3.67. The van der Waals surface area contributed by atoms with Crippen molar-refractivity contribution in [3.05, 3.63) is 18.3 Å². The maximum Gasteiger partial charge on any atom is 0.266 e. The molecule has 0 aromatic carbocycles. The van der Waals surface area contributed by atoms with Crippen molar-refractivity contribution >= 4 is 17.6 Å². The minimum atomic E-state index is -0.528. The first-order valence-corrected chi connectivity index (χ1v) is 6.36. The molecule has 0 saturated carbocycles. The molecular formula is C13H17N3O5. The summed E-state index contributed by atoms with van der Waals surface area (Å²) in [5.41, 5.74) is 0. The quantitative estimate of drug-likeness (QED) is 0.714. The smallest absolute Gasteiger partial charge is 0.266 e. The molecule has 0 bridgehead atoms. The van der Waals surface area contributed by atoms with E-state index >= 15 is 0 Å². The number of pyridine rings is 1. The normalized spacial score (nSPS) is 13.9. The summed E-state index contributed by atoms with van der Waals surface area (Å²) >= 11 is 0. The lowest BCUT2D eigenvalue weighted by Crippen LogP contribution is -2.47. The van der Waals surface area contributed by atoms with Crippen LogP contribution in [0, 0.1) is 0 Å². The van der Waals surface area contributed by atoms with E-state index in [-0.39, 0.29) is 31.5 Å². The van der Waals surface area contributed by atoms with Gasteiger partial charge in [-0.3, -0.25) is 14.5 Å². The van der Waals surface area contributed by atoms with Crippen LogP contribution in [0.4, 0.5) is 5.82 Å². The summed E-state index contributed by atoms with van der Waals surface area (Å²) < 4.78 is 15.2. The number of hydrogen-bond acceptors (Lipinski definition) is 6. The molecule has 8 nitrogen and oxygen atoms in total. The van der Waals surface area contributed by atoms with Crippen molar-refractivity contribution in [2.75, 3.05) is 38.8 Å².